The minimum atomic E-state index is 0.104. The Balaban J connectivity index is 2.14. The molecule has 1 aromatic heterocycles. The molecule has 15 heavy (non-hydrogen) atoms. The van der Waals surface area contributed by atoms with Crippen LogP contribution in [0.15, 0.2) is 12.3 Å². The highest BCUT2D eigenvalue weighted by atomic mass is 35.5. The lowest BCUT2D eigenvalue weighted by Gasteiger charge is -2.30. The molecule has 0 amide bonds. The minimum absolute atomic E-state index is 0.104. The summed E-state index contributed by atoms with van der Waals surface area (Å²) in [4.78, 5) is 10.1. The Morgan fingerprint density at radius 2 is 2.47 bits per heavy atom. The van der Waals surface area contributed by atoms with Crippen molar-refractivity contribution >= 4 is 17.4 Å². The summed E-state index contributed by atoms with van der Waals surface area (Å²) >= 11 is 5.72. The summed E-state index contributed by atoms with van der Waals surface area (Å²) in [7, 11) is 0. The van der Waals surface area contributed by atoms with Crippen LogP contribution in [0.25, 0.3) is 0 Å². The van der Waals surface area contributed by atoms with Crippen molar-refractivity contribution in [3.8, 4) is 6.07 Å². The highest BCUT2D eigenvalue weighted by molar-refractivity contribution is 6.28. The number of anilines is 1. The van der Waals surface area contributed by atoms with Gasteiger partial charge in [0.25, 0.3) is 0 Å². The summed E-state index contributed by atoms with van der Waals surface area (Å²) in [6.45, 7) is 1.68. The number of halogens is 1. The molecule has 0 N–H and O–H groups in total. The van der Waals surface area contributed by atoms with Crippen LogP contribution in [0.1, 0.15) is 12.8 Å². The number of hydrogen-bond acceptors (Lipinski definition) is 4. The van der Waals surface area contributed by atoms with Crippen LogP contribution < -0.4 is 4.90 Å². The first kappa shape index (κ1) is 10.2. The normalized spacial score (nSPS) is 21.1. The topological polar surface area (TPSA) is 52.8 Å². The third kappa shape index (κ3) is 2.37. The molecule has 1 aliphatic rings. The molecule has 0 unspecified atom stereocenters. The SMILES string of the molecule is N#C[C@H]1CCCN(c2ccnc(Cl)n2)C1. The molecule has 0 aliphatic carbocycles. The molecule has 1 saturated heterocycles. The van der Waals surface area contributed by atoms with Crippen molar-refractivity contribution in [2.45, 2.75) is 12.8 Å². The fourth-order valence-electron chi connectivity index (χ4n) is 1.79. The molecular formula is C10H11ClN4. The maximum Gasteiger partial charge on any atom is 0.224 e. The highest BCUT2D eigenvalue weighted by Crippen LogP contribution is 2.21. The van der Waals surface area contributed by atoms with Gasteiger partial charge in [-0.15, -0.1) is 0 Å². The molecular weight excluding hydrogens is 212 g/mol. The number of hydrogen-bond donors (Lipinski definition) is 0. The van der Waals surface area contributed by atoms with Crippen LogP contribution in [0.2, 0.25) is 5.28 Å². The third-order valence-electron chi connectivity index (χ3n) is 2.54. The van der Waals surface area contributed by atoms with Gasteiger partial charge in [0.2, 0.25) is 5.28 Å². The second kappa shape index (κ2) is 4.45. The van der Waals surface area contributed by atoms with Crippen LogP contribution in [-0.4, -0.2) is 23.1 Å². The molecule has 1 aromatic rings. The molecule has 0 radical (unpaired) electrons. The first-order valence-electron chi connectivity index (χ1n) is 4.92. The lowest BCUT2D eigenvalue weighted by Crippen LogP contribution is -2.35. The lowest BCUT2D eigenvalue weighted by atomic mass is 10.00. The van der Waals surface area contributed by atoms with Crippen molar-refractivity contribution in [1.29, 1.82) is 5.26 Å². The van der Waals surface area contributed by atoms with E-state index in [1.165, 1.54) is 0 Å². The molecule has 1 atom stereocenters. The molecule has 0 bridgehead atoms. The highest BCUT2D eigenvalue weighted by Gasteiger charge is 2.20. The maximum absolute atomic E-state index is 8.87. The molecule has 0 spiro atoms. The molecule has 2 heterocycles. The number of nitrogens with zero attached hydrogens (tertiary/aromatic N) is 4. The predicted octanol–water partition coefficient (Wildman–Crippen LogP) is 1.87. The Labute approximate surface area is 93.5 Å². The standard InChI is InChI=1S/C10H11ClN4/c11-10-13-4-3-9(14-10)15-5-1-2-8(6-12)7-15/h3-4,8H,1-2,5,7H2/t8-/m1/s1. The van der Waals surface area contributed by atoms with Crippen LogP contribution in [0, 0.1) is 17.2 Å². The molecule has 0 saturated carbocycles. The molecule has 4 nitrogen and oxygen atoms in total. The Bertz CT molecular complexity index is 387. The van der Waals surface area contributed by atoms with Gasteiger partial charge < -0.3 is 4.90 Å². The van der Waals surface area contributed by atoms with Crippen molar-refractivity contribution < 1.29 is 0 Å². The van der Waals surface area contributed by atoms with Gasteiger partial charge in [0.15, 0.2) is 0 Å². The van der Waals surface area contributed by atoms with E-state index < -0.39 is 0 Å². The van der Waals surface area contributed by atoms with Crippen molar-refractivity contribution in [1.82, 2.24) is 9.97 Å². The predicted molar refractivity (Wildman–Crippen MR) is 57.6 cm³/mol. The first-order chi connectivity index (χ1) is 7.29. The van der Waals surface area contributed by atoms with Gasteiger partial charge in [-0.3, -0.25) is 0 Å². The fourth-order valence-corrected chi connectivity index (χ4v) is 1.94. The largest absolute Gasteiger partial charge is 0.355 e. The lowest BCUT2D eigenvalue weighted by molar-refractivity contribution is 0.490. The van der Waals surface area contributed by atoms with Crippen LogP contribution in [0.4, 0.5) is 5.82 Å². The zero-order chi connectivity index (χ0) is 10.7. The molecule has 78 valence electrons. The summed E-state index contributed by atoms with van der Waals surface area (Å²) < 4.78 is 0. The summed E-state index contributed by atoms with van der Waals surface area (Å²) in [5.74, 6) is 0.919. The number of aromatic nitrogens is 2. The quantitative estimate of drug-likeness (QED) is 0.681. The van der Waals surface area contributed by atoms with Crippen molar-refractivity contribution in [3.05, 3.63) is 17.5 Å². The summed E-state index contributed by atoms with van der Waals surface area (Å²) in [6, 6.07) is 4.13. The van der Waals surface area contributed by atoms with Gasteiger partial charge in [-0.1, -0.05) is 0 Å². The molecule has 2 rings (SSSR count). The van der Waals surface area contributed by atoms with Gasteiger partial charge in [-0.05, 0) is 30.5 Å². The van der Waals surface area contributed by atoms with E-state index in [9.17, 15) is 0 Å². The first-order valence-corrected chi connectivity index (χ1v) is 5.30. The number of nitriles is 1. The summed E-state index contributed by atoms with van der Waals surface area (Å²) in [5.41, 5.74) is 0. The summed E-state index contributed by atoms with van der Waals surface area (Å²) in [6.07, 6.45) is 3.65. The van der Waals surface area contributed by atoms with Gasteiger partial charge in [0.05, 0.1) is 12.0 Å². The van der Waals surface area contributed by atoms with E-state index >= 15 is 0 Å². The van der Waals surface area contributed by atoms with Crippen molar-refractivity contribution in [2.75, 3.05) is 18.0 Å². The van der Waals surface area contributed by atoms with Crippen LogP contribution in [-0.2, 0) is 0 Å². The number of piperidine rings is 1. The fraction of sp³-hybridized carbons (Fsp3) is 0.500. The van der Waals surface area contributed by atoms with Gasteiger partial charge in [-0.2, -0.15) is 5.26 Å². The second-order valence-corrected chi connectivity index (χ2v) is 3.94. The smallest absolute Gasteiger partial charge is 0.224 e. The van der Waals surface area contributed by atoms with Crippen molar-refractivity contribution in [2.24, 2.45) is 5.92 Å². The maximum atomic E-state index is 8.87. The molecule has 1 fully saturated rings. The van der Waals surface area contributed by atoms with E-state index in [1.807, 2.05) is 6.07 Å². The van der Waals surface area contributed by atoms with Gasteiger partial charge >= 0.3 is 0 Å². The average molecular weight is 223 g/mol. The Kier molecular flexibility index (Phi) is 3.02. The summed E-state index contributed by atoms with van der Waals surface area (Å²) in [5, 5.41) is 9.13. The average Bonchev–Trinajstić information content (AvgIpc) is 2.29. The Hall–Kier alpha value is -1.34. The van der Waals surface area contributed by atoms with Crippen LogP contribution in [0.3, 0.4) is 0 Å². The molecule has 1 aliphatic heterocycles. The molecule has 5 heteroatoms. The minimum Gasteiger partial charge on any atom is -0.355 e. The van der Waals surface area contributed by atoms with Gasteiger partial charge in [-0.25, -0.2) is 9.97 Å². The zero-order valence-corrected chi connectivity index (χ0v) is 8.98. The Morgan fingerprint density at radius 1 is 1.60 bits per heavy atom. The van der Waals surface area contributed by atoms with E-state index in [0.717, 1.165) is 31.7 Å². The zero-order valence-electron chi connectivity index (χ0n) is 8.23. The van der Waals surface area contributed by atoms with E-state index in [2.05, 4.69) is 20.9 Å². The van der Waals surface area contributed by atoms with Crippen LogP contribution >= 0.6 is 11.6 Å². The van der Waals surface area contributed by atoms with E-state index in [1.54, 1.807) is 6.20 Å². The van der Waals surface area contributed by atoms with Gasteiger partial charge in [0, 0.05) is 19.3 Å². The van der Waals surface area contributed by atoms with Crippen molar-refractivity contribution in [3.63, 3.8) is 0 Å². The van der Waals surface area contributed by atoms with Crippen LogP contribution in [0.5, 0.6) is 0 Å². The van der Waals surface area contributed by atoms with E-state index in [-0.39, 0.29) is 11.2 Å². The Morgan fingerprint density at radius 3 is 3.20 bits per heavy atom. The van der Waals surface area contributed by atoms with Gasteiger partial charge in [0.1, 0.15) is 5.82 Å². The number of rotatable bonds is 1. The van der Waals surface area contributed by atoms with E-state index in [4.69, 9.17) is 16.9 Å². The van der Waals surface area contributed by atoms with E-state index in [0.29, 0.717) is 0 Å². The third-order valence-corrected chi connectivity index (χ3v) is 2.72. The molecule has 0 aromatic carbocycles. The second-order valence-electron chi connectivity index (χ2n) is 3.60. The monoisotopic (exact) mass is 222 g/mol.